The van der Waals surface area contributed by atoms with Gasteiger partial charge >= 0.3 is 0 Å². The van der Waals surface area contributed by atoms with Crippen LogP contribution in [0.15, 0.2) is 18.5 Å². The van der Waals surface area contributed by atoms with E-state index < -0.39 is 0 Å². The highest BCUT2D eigenvalue weighted by Gasteiger charge is 2.27. The van der Waals surface area contributed by atoms with E-state index in [1.54, 1.807) is 6.20 Å². The first-order valence-electron chi connectivity index (χ1n) is 6.21. The van der Waals surface area contributed by atoms with E-state index in [0.29, 0.717) is 6.54 Å². The lowest BCUT2D eigenvalue weighted by atomic mass is 9.95. The first-order valence-corrected chi connectivity index (χ1v) is 6.21. The Kier molecular flexibility index (Phi) is 3.91. The van der Waals surface area contributed by atoms with Gasteiger partial charge in [0.2, 0.25) is 5.91 Å². The van der Waals surface area contributed by atoms with Gasteiger partial charge in [0.1, 0.15) is 5.82 Å². The molecule has 2 atom stereocenters. The molecule has 1 saturated heterocycles. The quantitative estimate of drug-likeness (QED) is 0.885. The second-order valence-corrected chi connectivity index (χ2v) is 4.85. The summed E-state index contributed by atoms with van der Waals surface area (Å²) < 4.78 is 13.1. The van der Waals surface area contributed by atoms with Crippen LogP contribution in [0.5, 0.6) is 0 Å². The van der Waals surface area contributed by atoms with Crippen LogP contribution in [0.1, 0.15) is 31.4 Å². The molecule has 0 radical (unpaired) electrons. The summed E-state index contributed by atoms with van der Waals surface area (Å²) >= 11 is 0. The zero-order valence-electron chi connectivity index (χ0n) is 10.5. The van der Waals surface area contributed by atoms with Crippen molar-refractivity contribution >= 4 is 5.91 Å². The Balaban J connectivity index is 2.09. The number of carbonyl (C=O) groups is 1. The number of rotatable bonds is 3. The van der Waals surface area contributed by atoms with E-state index in [2.05, 4.69) is 9.88 Å². The maximum atomic E-state index is 13.1. The number of hydrogen-bond donors (Lipinski definition) is 1. The molecule has 0 aliphatic carbocycles. The third-order valence-corrected chi connectivity index (χ3v) is 3.61. The Morgan fingerprint density at radius 3 is 3.06 bits per heavy atom. The Labute approximate surface area is 106 Å². The van der Waals surface area contributed by atoms with Crippen LogP contribution >= 0.6 is 0 Å². The maximum Gasteiger partial charge on any atom is 0.221 e. The van der Waals surface area contributed by atoms with Gasteiger partial charge in [0, 0.05) is 18.8 Å². The van der Waals surface area contributed by atoms with Crippen LogP contribution in [-0.4, -0.2) is 28.9 Å². The molecule has 1 aliphatic heterocycles. The lowest BCUT2D eigenvalue weighted by molar-refractivity contribution is -0.123. The van der Waals surface area contributed by atoms with Gasteiger partial charge in [0.05, 0.1) is 12.1 Å². The van der Waals surface area contributed by atoms with E-state index in [0.717, 1.165) is 24.9 Å². The summed E-state index contributed by atoms with van der Waals surface area (Å²) in [6, 6.07) is 1.54. The molecule has 1 aliphatic rings. The molecule has 2 rings (SSSR count). The van der Waals surface area contributed by atoms with Crippen molar-refractivity contribution in [2.24, 2.45) is 11.7 Å². The van der Waals surface area contributed by atoms with Gasteiger partial charge in [-0.15, -0.1) is 0 Å². The number of carbonyl (C=O) groups excluding carboxylic acids is 1. The molecule has 0 bridgehead atoms. The van der Waals surface area contributed by atoms with Crippen molar-refractivity contribution in [1.29, 1.82) is 0 Å². The summed E-state index contributed by atoms with van der Waals surface area (Å²) in [4.78, 5) is 17.3. The standard InChI is InChI=1S/C13H18FN3O/c1-9(11-5-12(14)7-16-6-11)17-4-2-3-10(8-17)13(15)18/h5-7,9-10H,2-4,8H2,1H3,(H2,15,18)/t9-,10-/m0/s1. The summed E-state index contributed by atoms with van der Waals surface area (Å²) in [6.45, 7) is 3.55. The van der Waals surface area contributed by atoms with Crippen LogP contribution in [0.25, 0.3) is 0 Å². The number of pyridine rings is 1. The summed E-state index contributed by atoms with van der Waals surface area (Å²) in [5.41, 5.74) is 6.19. The normalized spacial score (nSPS) is 22.7. The number of hydrogen-bond acceptors (Lipinski definition) is 3. The van der Waals surface area contributed by atoms with Crippen molar-refractivity contribution in [3.05, 3.63) is 29.8 Å². The smallest absolute Gasteiger partial charge is 0.221 e. The van der Waals surface area contributed by atoms with Crippen LogP contribution in [0, 0.1) is 11.7 Å². The van der Waals surface area contributed by atoms with Crippen molar-refractivity contribution < 1.29 is 9.18 Å². The van der Waals surface area contributed by atoms with E-state index in [4.69, 9.17) is 5.73 Å². The molecule has 4 nitrogen and oxygen atoms in total. The van der Waals surface area contributed by atoms with E-state index in [1.165, 1.54) is 12.3 Å². The molecule has 1 aromatic heterocycles. The van der Waals surface area contributed by atoms with E-state index in [-0.39, 0.29) is 23.7 Å². The third kappa shape index (κ3) is 2.85. The molecule has 2 heterocycles. The van der Waals surface area contributed by atoms with Crippen LogP contribution in [-0.2, 0) is 4.79 Å². The zero-order valence-corrected chi connectivity index (χ0v) is 10.5. The summed E-state index contributed by atoms with van der Waals surface area (Å²) in [5, 5.41) is 0. The molecule has 0 saturated carbocycles. The molecule has 98 valence electrons. The van der Waals surface area contributed by atoms with E-state index in [1.807, 2.05) is 6.92 Å². The first-order chi connectivity index (χ1) is 8.58. The van der Waals surface area contributed by atoms with Gasteiger partial charge in [-0.3, -0.25) is 14.7 Å². The van der Waals surface area contributed by atoms with Gasteiger partial charge in [0.15, 0.2) is 0 Å². The van der Waals surface area contributed by atoms with Crippen molar-refractivity contribution in [2.45, 2.75) is 25.8 Å². The molecule has 1 amide bonds. The van der Waals surface area contributed by atoms with Crippen LogP contribution in [0.2, 0.25) is 0 Å². The molecule has 5 heteroatoms. The highest BCUT2D eigenvalue weighted by molar-refractivity contribution is 5.76. The molecule has 0 unspecified atom stereocenters. The number of amides is 1. The SMILES string of the molecule is C[C@@H](c1cncc(F)c1)N1CCC[C@H](C(N)=O)C1. The molecule has 1 fully saturated rings. The molecule has 1 aromatic rings. The van der Waals surface area contributed by atoms with Crippen LogP contribution < -0.4 is 5.73 Å². The third-order valence-electron chi connectivity index (χ3n) is 3.61. The van der Waals surface area contributed by atoms with Gasteiger partial charge in [-0.1, -0.05) is 0 Å². The molecule has 2 N–H and O–H groups in total. The fraction of sp³-hybridized carbons (Fsp3) is 0.538. The number of primary amides is 1. The van der Waals surface area contributed by atoms with Crippen LogP contribution in [0.4, 0.5) is 4.39 Å². The largest absolute Gasteiger partial charge is 0.369 e. The average Bonchev–Trinajstić information content (AvgIpc) is 2.38. The second-order valence-electron chi connectivity index (χ2n) is 4.85. The van der Waals surface area contributed by atoms with Gasteiger partial charge in [-0.05, 0) is 37.9 Å². The summed E-state index contributed by atoms with van der Waals surface area (Å²) in [5.74, 6) is -0.671. The van der Waals surface area contributed by atoms with Gasteiger partial charge in [0.25, 0.3) is 0 Å². The van der Waals surface area contributed by atoms with E-state index >= 15 is 0 Å². The molecule has 0 spiro atoms. The summed E-state index contributed by atoms with van der Waals surface area (Å²) in [7, 11) is 0. The molecular formula is C13H18FN3O. The van der Waals surface area contributed by atoms with Crippen molar-refractivity contribution in [3.8, 4) is 0 Å². The number of aromatic nitrogens is 1. The minimum Gasteiger partial charge on any atom is -0.369 e. The van der Waals surface area contributed by atoms with Crippen molar-refractivity contribution in [2.75, 3.05) is 13.1 Å². The molecular weight excluding hydrogens is 233 g/mol. The van der Waals surface area contributed by atoms with Gasteiger partial charge < -0.3 is 5.73 Å². The minimum atomic E-state index is -0.331. The Morgan fingerprint density at radius 2 is 2.39 bits per heavy atom. The Hall–Kier alpha value is -1.49. The highest BCUT2D eigenvalue weighted by Crippen LogP contribution is 2.26. The molecule has 18 heavy (non-hydrogen) atoms. The number of halogens is 1. The van der Waals surface area contributed by atoms with Gasteiger partial charge in [-0.25, -0.2) is 4.39 Å². The number of piperidine rings is 1. The topological polar surface area (TPSA) is 59.2 Å². The van der Waals surface area contributed by atoms with Crippen molar-refractivity contribution in [1.82, 2.24) is 9.88 Å². The maximum absolute atomic E-state index is 13.1. The second kappa shape index (κ2) is 5.44. The monoisotopic (exact) mass is 251 g/mol. The number of nitrogens with two attached hydrogens (primary N) is 1. The van der Waals surface area contributed by atoms with Crippen LogP contribution in [0.3, 0.4) is 0 Å². The lowest BCUT2D eigenvalue weighted by Crippen LogP contribution is -2.42. The van der Waals surface area contributed by atoms with E-state index in [9.17, 15) is 9.18 Å². The van der Waals surface area contributed by atoms with Gasteiger partial charge in [-0.2, -0.15) is 0 Å². The minimum absolute atomic E-state index is 0.0512. The first kappa shape index (κ1) is 13.0. The zero-order chi connectivity index (χ0) is 13.1. The van der Waals surface area contributed by atoms with Crippen molar-refractivity contribution in [3.63, 3.8) is 0 Å². The summed E-state index contributed by atoms with van der Waals surface area (Å²) in [6.07, 6.45) is 4.65. The molecule has 0 aromatic carbocycles. The average molecular weight is 251 g/mol. The number of likely N-dealkylation sites (tertiary alicyclic amines) is 1. The fourth-order valence-electron chi connectivity index (χ4n) is 2.46. The Bertz CT molecular complexity index is 438. The highest BCUT2D eigenvalue weighted by atomic mass is 19.1. The number of nitrogens with zero attached hydrogens (tertiary/aromatic N) is 2. The Morgan fingerprint density at radius 1 is 1.61 bits per heavy atom. The lowest BCUT2D eigenvalue weighted by Gasteiger charge is -2.35. The fourth-order valence-corrected chi connectivity index (χ4v) is 2.46. The predicted octanol–water partition coefficient (Wildman–Crippen LogP) is 1.48. The predicted molar refractivity (Wildman–Crippen MR) is 66.1 cm³/mol.